The molecule has 0 unspecified atom stereocenters. The van der Waals surface area contributed by atoms with Gasteiger partial charge in [0.05, 0.1) is 4.90 Å². The predicted molar refractivity (Wildman–Crippen MR) is 69.8 cm³/mol. The molecule has 0 saturated heterocycles. The summed E-state index contributed by atoms with van der Waals surface area (Å²) in [6.45, 7) is 2.08. The maximum absolute atomic E-state index is 12.0. The van der Waals surface area contributed by atoms with E-state index in [0.29, 0.717) is 12.4 Å². The number of nitrogens with zero attached hydrogens (tertiary/aromatic N) is 2. The van der Waals surface area contributed by atoms with Gasteiger partial charge < -0.3 is 5.73 Å². The van der Waals surface area contributed by atoms with Crippen molar-refractivity contribution in [1.82, 2.24) is 9.36 Å². The minimum absolute atomic E-state index is 0.174. The number of benzene rings is 1. The summed E-state index contributed by atoms with van der Waals surface area (Å²) in [5, 5.41) is 0.260. The number of hydrogen-bond donors (Lipinski definition) is 2. The summed E-state index contributed by atoms with van der Waals surface area (Å²) in [7, 11) is -3.61. The van der Waals surface area contributed by atoms with Gasteiger partial charge in [0, 0.05) is 18.1 Å². The normalized spacial score (nSPS) is 11.4. The fraction of sp³-hybridized carbons (Fsp3) is 0.200. The molecule has 0 radical (unpaired) electrons. The van der Waals surface area contributed by atoms with E-state index in [-0.39, 0.29) is 10.0 Å². The number of aryl methyl sites for hydroxylation is 1. The second kappa shape index (κ2) is 5.01. The fourth-order valence-electron chi connectivity index (χ4n) is 1.32. The quantitative estimate of drug-likeness (QED) is 0.876. The molecule has 1 heterocycles. The molecule has 18 heavy (non-hydrogen) atoms. The molecule has 0 saturated carbocycles. The van der Waals surface area contributed by atoms with E-state index in [0.717, 1.165) is 17.1 Å². The summed E-state index contributed by atoms with van der Waals surface area (Å²) in [5.74, 6) is 0.538. The van der Waals surface area contributed by atoms with Crippen LogP contribution >= 0.6 is 11.5 Å². The van der Waals surface area contributed by atoms with Gasteiger partial charge in [-0.2, -0.15) is 4.37 Å². The van der Waals surface area contributed by atoms with Crippen LogP contribution in [0.3, 0.4) is 0 Å². The lowest BCUT2D eigenvalue weighted by molar-refractivity contribution is 0.601. The summed E-state index contributed by atoms with van der Waals surface area (Å²) in [6, 6.07) is 6.39. The van der Waals surface area contributed by atoms with Crippen molar-refractivity contribution in [3.63, 3.8) is 0 Å². The molecule has 0 spiro atoms. The summed E-state index contributed by atoms with van der Waals surface area (Å²) in [4.78, 5) is 4.13. The molecule has 0 aliphatic heterocycles. The largest absolute Gasteiger partial charge is 0.326 e. The summed E-state index contributed by atoms with van der Waals surface area (Å²) in [5.41, 5.74) is 6.33. The van der Waals surface area contributed by atoms with Gasteiger partial charge >= 0.3 is 0 Å². The van der Waals surface area contributed by atoms with Crippen LogP contribution in [0.15, 0.2) is 29.2 Å². The summed E-state index contributed by atoms with van der Waals surface area (Å²) < 4.78 is 30.3. The average molecular weight is 284 g/mol. The average Bonchev–Trinajstić information content (AvgIpc) is 2.74. The third-order valence-corrected chi connectivity index (χ3v) is 4.42. The number of nitrogens with two attached hydrogens (primary N) is 1. The molecule has 6 nitrogen and oxygen atoms in total. The highest BCUT2D eigenvalue weighted by molar-refractivity contribution is 7.93. The van der Waals surface area contributed by atoms with E-state index in [2.05, 4.69) is 14.1 Å². The van der Waals surface area contributed by atoms with Gasteiger partial charge in [0.15, 0.2) is 0 Å². The molecule has 96 valence electrons. The number of anilines is 1. The van der Waals surface area contributed by atoms with Crippen molar-refractivity contribution in [3.8, 4) is 0 Å². The third kappa shape index (κ3) is 2.84. The first-order valence-electron chi connectivity index (χ1n) is 5.13. The van der Waals surface area contributed by atoms with Gasteiger partial charge in [0.1, 0.15) is 5.82 Å². The van der Waals surface area contributed by atoms with Crippen molar-refractivity contribution >= 4 is 26.7 Å². The van der Waals surface area contributed by atoms with Crippen molar-refractivity contribution < 1.29 is 8.42 Å². The number of rotatable bonds is 4. The Balaban J connectivity index is 2.24. The molecule has 0 fully saturated rings. The zero-order valence-electron chi connectivity index (χ0n) is 9.62. The van der Waals surface area contributed by atoms with E-state index in [1.165, 1.54) is 12.1 Å². The van der Waals surface area contributed by atoms with Crippen molar-refractivity contribution in [1.29, 1.82) is 0 Å². The van der Waals surface area contributed by atoms with E-state index in [9.17, 15) is 8.42 Å². The molecule has 2 aromatic rings. The number of sulfonamides is 1. The van der Waals surface area contributed by atoms with Crippen molar-refractivity contribution in [2.45, 2.75) is 18.4 Å². The van der Waals surface area contributed by atoms with E-state index in [4.69, 9.17) is 5.73 Å². The topological polar surface area (TPSA) is 98.0 Å². The Labute approximate surface area is 109 Å². The molecule has 0 aliphatic carbocycles. The molecular weight excluding hydrogens is 272 g/mol. The summed E-state index contributed by atoms with van der Waals surface area (Å²) >= 11 is 1.01. The van der Waals surface area contributed by atoms with Crippen LogP contribution < -0.4 is 10.5 Å². The van der Waals surface area contributed by atoms with Crippen LogP contribution in [-0.4, -0.2) is 17.8 Å². The minimum atomic E-state index is -3.61. The fourth-order valence-corrected chi connectivity index (χ4v) is 3.12. The molecule has 0 bridgehead atoms. The lowest BCUT2D eigenvalue weighted by Crippen LogP contribution is -2.13. The highest BCUT2D eigenvalue weighted by Gasteiger charge is 2.15. The Bertz CT molecular complexity index is 634. The van der Waals surface area contributed by atoms with E-state index >= 15 is 0 Å². The van der Waals surface area contributed by atoms with E-state index < -0.39 is 10.0 Å². The molecule has 1 aromatic carbocycles. The standard InChI is InChI=1S/C10H12N4O2S2/c1-7-12-10(17-13-7)14-18(15,16)9-4-2-8(6-11)3-5-9/h2-5H,6,11H2,1H3,(H,12,13,14). The van der Waals surface area contributed by atoms with Crippen molar-refractivity contribution in [3.05, 3.63) is 35.7 Å². The molecule has 2 rings (SSSR count). The Kier molecular flexibility index (Phi) is 3.60. The van der Waals surface area contributed by atoms with Crippen molar-refractivity contribution in [2.24, 2.45) is 5.73 Å². The minimum Gasteiger partial charge on any atom is -0.326 e. The van der Waals surface area contributed by atoms with Gasteiger partial charge in [-0.15, -0.1) is 0 Å². The maximum atomic E-state index is 12.0. The Morgan fingerprint density at radius 1 is 1.33 bits per heavy atom. The van der Waals surface area contributed by atoms with Crippen LogP contribution in [0, 0.1) is 6.92 Å². The zero-order chi connectivity index (χ0) is 13.2. The van der Waals surface area contributed by atoms with Crippen LogP contribution in [0.5, 0.6) is 0 Å². The highest BCUT2D eigenvalue weighted by Crippen LogP contribution is 2.17. The van der Waals surface area contributed by atoms with Gasteiger partial charge in [0.2, 0.25) is 5.13 Å². The Hall–Kier alpha value is -1.51. The number of aromatic nitrogens is 2. The lowest BCUT2D eigenvalue weighted by Gasteiger charge is -2.05. The smallest absolute Gasteiger partial charge is 0.263 e. The van der Waals surface area contributed by atoms with Crippen LogP contribution in [0.25, 0.3) is 0 Å². The van der Waals surface area contributed by atoms with Crippen molar-refractivity contribution in [2.75, 3.05) is 4.72 Å². The zero-order valence-corrected chi connectivity index (χ0v) is 11.3. The van der Waals surface area contributed by atoms with Gasteiger partial charge in [0.25, 0.3) is 10.0 Å². The maximum Gasteiger partial charge on any atom is 0.263 e. The lowest BCUT2D eigenvalue weighted by atomic mass is 10.2. The van der Waals surface area contributed by atoms with Crippen LogP contribution in [0.1, 0.15) is 11.4 Å². The SMILES string of the molecule is Cc1nsc(NS(=O)(=O)c2ccc(CN)cc2)n1. The molecule has 1 aromatic heterocycles. The highest BCUT2D eigenvalue weighted by atomic mass is 32.2. The first-order valence-corrected chi connectivity index (χ1v) is 7.39. The molecule has 0 aliphatic rings. The molecule has 8 heteroatoms. The molecule has 0 atom stereocenters. The van der Waals surface area contributed by atoms with Crippen LogP contribution in [-0.2, 0) is 16.6 Å². The third-order valence-electron chi connectivity index (χ3n) is 2.22. The van der Waals surface area contributed by atoms with Gasteiger partial charge in [-0.3, -0.25) is 4.72 Å². The number of nitrogens with one attached hydrogen (secondary N) is 1. The van der Waals surface area contributed by atoms with Gasteiger partial charge in [-0.05, 0) is 24.6 Å². The first-order chi connectivity index (χ1) is 8.51. The van der Waals surface area contributed by atoms with E-state index in [1.54, 1.807) is 19.1 Å². The second-order valence-corrected chi connectivity index (χ2v) is 6.03. The predicted octanol–water partition coefficient (Wildman–Crippen LogP) is 1.11. The van der Waals surface area contributed by atoms with Gasteiger partial charge in [-0.1, -0.05) is 12.1 Å². The second-order valence-electron chi connectivity index (χ2n) is 3.60. The first kappa shape index (κ1) is 12.9. The summed E-state index contributed by atoms with van der Waals surface area (Å²) in [6.07, 6.45) is 0. The molecule has 0 amide bonds. The Morgan fingerprint density at radius 3 is 2.50 bits per heavy atom. The van der Waals surface area contributed by atoms with E-state index in [1.807, 2.05) is 0 Å². The van der Waals surface area contributed by atoms with Gasteiger partial charge in [-0.25, -0.2) is 13.4 Å². The number of hydrogen-bond acceptors (Lipinski definition) is 6. The Morgan fingerprint density at radius 2 is 2.00 bits per heavy atom. The van der Waals surface area contributed by atoms with Crippen LogP contribution in [0.4, 0.5) is 5.13 Å². The van der Waals surface area contributed by atoms with Crippen LogP contribution in [0.2, 0.25) is 0 Å². The molecular formula is C10H12N4O2S2. The monoisotopic (exact) mass is 284 g/mol. The molecule has 3 N–H and O–H groups in total.